The molecule has 1 aliphatic rings. The third-order valence-electron chi connectivity index (χ3n) is 5.76. The van der Waals surface area contributed by atoms with Crippen LogP contribution in [0.2, 0.25) is 0 Å². The molecule has 1 fully saturated rings. The minimum absolute atomic E-state index is 0.0814. The first kappa shape index (κ1) is 24.2. The first-order valence-corrected chi connectivity index (χ1v) is 12.3. The molecule has 1 heterocycles. The number of sulfonamides is 1. The second-order valence-corrected chi connectivity index (χ2v) is 9.75. The van der Waals surface area contributed by atoms with Crippen LogP contribution in [0.4, 0.5) is 17.1 Å². The molecule has 0 saturated carbocycles. The maximum absolute atomic E-state index is 13.1. The van der Waals surface area contributed by atoms with Crippen LogP contribution < -0.4 is 15.0 Å². The fraction of sp³-hybridized carbons (Fsp3) is 0.208. The number of amides is 1. The van der Waals surface area contributed by atoms with Crippen LogP contribution in [-0.4, -0.2) is 56.8 Å². The quantitative estimate of drug-likeness (QED) is 0.393. The molecule has 1 aliphatic heterocycles. The highest BCUT2D eigenvalue weighted by atomic mass is 32.2. The molecule has 3 aromatic rings. The van der Waals surface area contributed by atoms with E-state index in [-0.39, 0.29) is 16.1 Å². The molecular weight excluding hydrogens is 472 g/mol. The van der Waals surface area contributed by atoms with E-state index in [4.69, 9.17) is 4.74 Å². The van der Waals surface area contributed by atoms with Gasteiger partial charge in [0.1, 0.15) is 11.3 Å². The molecule has 0 bridgehead atoms. The van der Waals surface area contributed by atoms with Crippen molar-refractivity contribution in [2.75, 3.05) is 43.5 Å². The molecule has 0 atom stereocenters. The fourth-order valence-corrected chi connectivity index (χ4v) is 5.37. The predicted octanol–water partition coefficient (Wildman–Crippen LogP) is 3.37. The van der Waals surface area contributed by atoms with Crippen molar-refractivity contribution < 1.29 is 22.9 Å². The summed E-state index contributed by atoms with van der Waals surface area (Å²) in [6, 6.07) is 19.0. The maximum Gasteiger partial charge on any atom is 0.282 e. The van der Waals surface area contributed by atoms with Gasteiger partial charge in [-0.15, -0.1) is 0 Å². The summed E-state index contributed by atoms with van der Waals surface area (Å²) in [5.41, 5.74) is 0.859. The van der Waals surface area contributed by atoms with Gasteiger partial charge < -0.3 is 15.0 Å². The molecule has 11 heteroatoms. The number of hydrogen-bond acceptors (Lipinski definition) is 7. The van der Waals surface area contributed by atoms with Crippen LogP contribution in [0.1, 0.15) is 10.4 Å². The van der Waals surface area contributed by atoms with Gasteiger partial charge in [-0.25, -0.2) is 8.42 Å². The first-order valence-electron chi connectivity index (χ1n) is 10.8. The van der Waals surface area contributed by atoms with E-state index in [0.29, 0.717) is 31.9 Å². The molecule has 0 spiro atoms. The van der Waals surface area contributed by atoms with Gasteiger partial charge in [-0.05, 0) is 42.5 Å². The zero-order valence-corrected chi connectivity index (χ0v) is 19.8. The Hall–Kier alpha value is -3.96. The lowest BCUT2D eigenvalue weighted by molar-refractivity contribution is -0.385. The number of methoxy groups -OCH3 is 1. The van der Waals surface area contributed by atoms with Crippen LogP contribution in [0.25, 0.3) is 0 Å². The molecule has 35 heavy (non-hydrogen) atoms. The Bertz CT molecular complexity index is 1340. The van der Waals surface area contributed by atoms with Crippen molar-refractivity contribution in [3.63, 3.8) is 0 Å². The highest BCUT2D eigenvalue weighted by molar-refractivity contribution is 7.89. The third kappa shape index (κ3) is 5.10. The van der Waals surface area contributed by atoms with Crippen molar-refractivity contribution in [3.8, 4) is 5.75 Å². The molecular formula is C24H24N4O6S. The minimum atomic E-state index is -3.73. The van der Waals surface area contributed by atoms with Crippen molar-refractivity contribution >= 4 is 33.0 Å². The van der Waals surface area contributed by atoms with Gasteiger partial charge in [0, 0.05) is 37.9 Å². The molecule has 10 nitrogen and oxygen atoms in total. The van der Waals surface area contributed by atoms with Crippen LogP contribution in [0.5, 0.6) is 5.75 Å². The Balaban J connectivity index is 1.43. The summed E-state index contributed by atoms with van der Waals surface area (Å²) < 4.78 is 33.1. The SMILES string of the molecule is COc1ccccc1N1CCN(S(=O)(=O)c2ccc(NC(=O)c3ccccc3[N+](=O)[O-])cc2)CC1. The van der Waals surface area contributed by atoms with E-state index in [1.54, 1.807) is 7.11 Å². The smallest absolute Gasteiger partial charge is 0.282 e. The predicted molar refractivity (Wildman–Crippen MR) is 131 cm³/mol. The van der Waals surface area contributed by atoms with Crippen molar-refractivity contribution in [2.24, 2.45) is 0 Å². The highest BCUT2D eigenvalue weighted by Crippen LogP contribution is 2.29. The fourth-order valence-electron chi connectivity index (χ4n) is 3.94. The third-order valence-corrected chi connectivity index (χ3v) is 7.67. The Labute approximate surface area is 202 Å². The van der Waals surface area contributed by atoms with Crippen molar-refractivity contribution in [1.82, 2.24) is 4.31 Å². The Morgan fingerprint density at radius 1 is 0.943 bits per heavy atom. The van der Waals surface area contributed by atoms with Gasteiger partial charge in [0.25, 0.3) is 11.6 Å². The molecule has 4 rings (SSSR count). The van der Waals surface area contributed by atoms with Crippen molar-refractivity contribution in [1.29, 1.82) is 0 Å². The molecule has 1 saturated heterocycles. The number of nitrogens with zero attached hydrogens (tertiary/aromatic N) is 3. The summed E-state index contributed by atoms with van der Waals surface area (Å²) in [5.74, 6) is 0.0858. The first-order chi connectivity index (χ1) is 16.8. The van der Waals surface area contributed by atoms with E-state index in [1.807, 2.05) is 24.3 Å². The number of nitrogens with one attached hydrogen (secondary N) is 1. The van der Waals surface area contributed by atoms with Crippen LogP contribution in [0, 0.1) is 10.1 Å². The number of carbonyl (C=O) groups is 1. The number of benzene rings is 3. The van der Waals surface area contributed by atoms with Crippen LogP contribution in [-0.2, 0) is 10.0 Å². The lowest BCUT2D eigenvalue weighted by Gasteiger charge is -2.35. The summed E-state index contributed by atoms with van der Waals surface area (Å²) in [7, 11) is -2.12. The molecule has 0 unspecified atom stereocenters. The molecule has 0 aliphatic carbocycles. The van der Waals surface area contributed by atoms with Gasteiger partial charge in [0.15, 0.2) is 0 Å². The number of piperazine rings is 1. The van der Waals surface area contributed by atoms with Crippen molar-refractivity contribution in [2.45, 2.75) is 4.90 Å². The number of rotatable bonds is 7. The van der Waals surface area contributed by atoms with E-state index in [0.717, 1.165) is 11.4 Å². The van der Waals surface area contributed by atoms with Gasteiger partial charge in [-0.2, -0.15) is 4.31 Å². The van der Waals surface area contributed by atoms with Crippen molar-refractivity contribution in [3.05, 3.63) is 88.5 Å². The topological polar surface area (TPSA) is 122 Å². The second kappa shape index (κ2) is 10.1. The average molecular weight is 497 g/mol. The largest absolute Gasteiger partial charge is 0.495 e. The normalized spacial score (nSPS) is 14.4. The average Bonchev–Trinajstić information content (AvgIpc) is 2.89. The molecule has 3 aromatic carbocycles. The Kier molecular flexibility index (Phi) is 6.99. The monoisotopic (exact) mass is 496 g/mol. The summed E-state index contributed by atoms with van der Waals surface area (Å²) >= 11 is 0. The van der Waals surface area contributed by atoms with E-state index < -0.39 is 20.9 Å². The highest BCUT2D eigenvalue weighted by Gasteiger charge is 2.29. The Morgan fingerprint density at radius 3 is 2.23 bits per heavy atom. The second-order valence-electron chi connectivity index (χ2n) is 7.82. The summed E-state index contributed by atoms with van der Waals surface area (Å²) in [5, 5.41) is 13.7. The lowest BCUT2D eigenvalue weighted by Crippen LogP contribution is -2.48. The van der Waals surface area contributed by atoms with Crippen LogP contribution >= 0.6 is 0 Å². The molecule has 182 valence electrons. The van der Waals surface area contributed by atoms with E-state index >= 15 is 0 Å². The molecule has 0 aromatic heterocycles. The summed E-state index contributed by atoms with van der Waals surface area (Å²) in [4.78, 5) is 25.2. The van der Waals surface area contributed by atoms with Gasteiger partial charge in [0.05, 0.1) is 22.6 Å². The zero-order chi connectivity index (χ0) is 25.0. The summed E-state index contributed by atoms with van der Waals surface area (Å²) in [6.07, 6.45) is 0. The summed E-state index contributed by atoms with van der Waals surface area (Å²) in [6.45, 7) is 1.67. The van der Waals surface area contributed by atoms with Crippen LogP contribution in [0.15, 0.2) is 77.7 Å². The Morgan fingerprint density at radius 2 is 1.57 bits per heavy atom. The van der Waals surface area contributed by atoms with Gasteiger partial charge in [0.2, 0.25) is 10.0 Å². The number of hydrogen-bond donors (Lipinski definition) is 1. The molecule has 0 radical (unpaired) electrons. The standard InChI is InChI=1S/C24H24N4O6S/c1-34-23-9-5-4-8-22(23)26-14-16-27(17-15-26)35(32,33)19-12-10-18(11-13-19)25-24(29)20-6-2-3-7-21(20)28(30)31/h2-13H,14-17H2,1H3,(H,25,29). The maximum atomic E-state index is 13.1. The number of carbonyl (C=O) groups excluding carboxylic acids is 1. The van der Waals surface area contributed by atoms with E-state index in [1.165, 1.54) is 52.8 Å². The van der Waals surface area contributed by atoms with Gasteiger partial charge >= 0.3 is 0 Å². The number of anilines is 2. The van der Waals surface area contributed by atoms with E-state index in [2.05, 4.69) is 10.2 Å². The number of para-hydroxylation sites is 3. The minimum Gasteiger partial charge on any atom is -0.495 e. The number of ether oxygens (including phenoxy) is 1. The zero-order valence-electron chi connectivity index (χ0n) is 19.0. The molecule has 1 amide bonds. The van der Waals surface area contributed by atoms with Gasteiger partial charge in [-0.1, -0.05) is 24.3 Å². The lowest BCUT2D eigenvalue weighted by atomic mass is 10.1. The van der Waals surface area contributed by atoms with Gasteiger partial charge in [-0.3, -0.25) is 14.9 Å². The number of nitro groups is 1. The van der Waals surface area contributed by atoms with Crippen LogP contribution in [0.3, 0.4) is 0 Å². The number of nitro benzene ring substituents is 1. The van der Waals surface area contributed by atoms with E-state index in [9.17, 15) is 23.3 Å². The molecule has 1 N–H and O–H groups in total.